The molecule has 4 heteroatoms. The molecule has 1 fully saturated rings. The van der Waals surface area contributed by atoms with Gasteiger partial charge in [0.15, 0.2) is 5.60 Å². The molecule has 4 aromatic rings. The minimum absolute atomic E-state index is 0.537. The smallest absolute Gasteiger partial charge is 0.173 e. The lowest BCUT2D eigenvalue weighted by atomic mass is 9.84. The fraction of sp³-hybridized carbons (Fsp3) is 0.241. The van der Waals surface area contributed by atoms with Gasteiger partial charge in [-0.3, -0.25) is 4.90 Å². The molecule has 3 aromatic carbocycles. The molecule has 0 saturated heterocycles. The summed E-state index contributed by atoms with van der Waals surface area (Å²) in [5, 5.41) is 12.0. The van der Waals surface area contributed by atoms with Crippen molar-refractivity contribution in [3.63, 3.8) is 0 Å². The summed E-state index contributed by atoms with van der Waals surface area (Å²) in [5.74, 6) is 2.26. The van der Waals surface area contributed by atoms with E-state index in [0.29, 0.717) is 18.3 Å². The van der Waals surface area contributed by atoms with Gasteiger partial charge in [0.1, 0.15) is 17.3 Å². The first-order chi connectivity index (χ1) is 16.2. The van der Waals surface area contributed by atoms with Crippen LogP contribution in [0.4, 0.5) is 0 Å². The highest BCUT2D eigenvalue weighted by atomic mass is 16.5. The highest BCUT2D eigenvalue weighted by Crippen LogP contribution is 2.38. The lowest BCUT2D eigenvalue weighted by Gasteiger charge is -2.27. The zero-order valence-electron chi connectivity index (χ0n) is 18.9. The second-order valence-corrected chi connectivity index (χ2v) is 8.69. The van der Waals surface area contributed by atoms with E-state index in [2.05, 4.69) is 17.0 Å². The minimum Gasteiger partial charge on any atom is -0.497 e. The van der Waals surface area contributed by atoms with Crippen molar-refractivity contribution < 1.29 is 14.3 Å². The predicted octanol–water partition coefficient (Wildman–Crippen LogP) is 5.74. The van der Waals surface area contributed by atoms with Crippen molar-refractivity contribution in [2.45, 2.75) is 37.6 Å². The molecule has 1 heterocycles. The Morgan fingerprint density at radius 3 is 1.97 bits per heavy atom. The Hall–Kier alpha value is -3.34. The number of aliphatic hydroxyl groups is 1. The van der Waals surface area contributed by atoms with Gasteiger partial charge in [0.2, 0.25) is 0 Å². The summed E-state index contributed by atoms with van der Waals surface area (Å²) in [4.78, 5) is 2.45. The van der Waals surface area contributed by atoms with Crippen LogP contribution in [0.25, 0.3) is 0 Å². The number of nitrogens with zero attached hydrogens (tertiary/aromatic N) is 1. The van der Waals surface area contributed by atoms with Gasteiger partial charge >= 0.3 is 0 Å². The van der Waals surface area contributed by atoms with Crippen molar-refractivity contribution in [2.24, 2.45) is 0 Å². The van der Waals surface area contributed by atoms with Gasteiger partial charge in [-0.15, -0.1) is 0 Å². The van der Waals surface area contributed by atoms with Crippen molar-refractivity contribution in [3.8, 4) is 5.75 Å². The first kappa shape index (κ1) is 21.5. The van der Waals surface area contributed by atoms with E-state index < -0.39 is 5.60 Å². The minimum atomic E-state index is -1.35. The summed E-state index contributed by atoms with van der Waals surface area (Å²) in [7, 11) is 1.69. The van der Waals surface area contributed by atoms with E-state index in [0.717, 1.165) is 29.2 Å². The third kappa shape index (κ3) is 4.58. The number of rotatable bonds is 9. The SMILES string of the molecule is COc1ccc(CN(Cc2ccc(C(O)(c3ccccc3)c3ccccc3)o2)C2CC2)cc1. The Morgan fingerprint density at radius 2 is 1.42 bits per heavy atom. The Labute approximate surface area is 195 Å². The van der Waals surface area contributed by atoms with E-state index in [-0.39, 0.29) is 0 Å². The summed E-state index contributed by atoms with van der Waals surface area (Å²) in [6, 6.07) is 32.2. The van der Waals surface area contributed by atoms with E-state index in [1.54, 1.807) is 7.11 Å². The molecule has 5 rings (SSSR count). The normalized spacial score (nSPS) is 13.9. The van der Waals surface area contributed by atoms with Gasteiger partial charge < -0.3 is 14.3 Å². The first-order valence-electron chi connectivity index (χ1n) is 11.5. The van der Waals surface area contributed by atoms with Crippen molar-refractivity contribution in [3.05, 3.63) is 125 Å². The van der Waals surface area contributed by atoms with Crippen molar-refractivity contribution >= 4 is 0 Å². The van der Waals surface area contributed by atoms with Crippen LogP contribution in [-0.2, 0) is 18.7 Å². The maximum atomic E-state index is 12.0. The van der Waals surface area contributed by atoms with Crippen LogP contribution in [0.5, 0.6) is 5.75 Å². The van der Waals surface area contributed by atoms with E-state index in [4.69, 9.17) is 9.15 Å². The lowest BCUT2D eigenvalue weighted by molar-refractivity contribution is 0.0950. The van der Waals surface area contributed by atoms with E-state index in [9.17, 15) is 5.11 Å². The lowest BCUT2D eigenvalue weighted by Crippen LogP contribution is -2.28. The number of hydrogen-bond donors (Lipinski definition) is 1. The predicted molar refractivity (Wildman–Crippen MR) is 129 cm³/mol. The molecular weight excluding hydrogens is 410 g/mol. The molecule has 0 radical (unpaired) electrons. The van der Waals surface area contributed by atoms with Crippen molar-refractivity contribution in [1.82, 2.24) is 4.90 Å². The molecular formula is C29H29NO3. The van der Waals surface area contributed by atoms with Gasteiger partial charge in [-0.2, -0.15) is 0 Å². The molecule has 33 heavy (non-hydrogen) atoms. The van der Waals surface area contributed by atoms with E-state index in [1.807, 2.05) is 84.9 Å². The van der Waals surface area contributed by atoms with E-state index >= 15 is 0 Å². The zero-order valence-corrected chi connectivity index (χ0v) is 18.9. The summed E-state index contributed by atoms with van der Waals surface area (Å²) in [6.07, 6.45) is 2.42. The fourth-order valence-corrected chi connectivity index (χ4v) is 4.39. The molecule has 4 nitrogen and oxygen atoms in total. The van der Waals surface area contributed by atoms with Crippen LogP contribution >= 0.6 is 0 Å². The summed E-state index contributed by atoms with van der Waals surface area (Å²) < 4.78 is 11.6. The monoisotopic (exact) mass is 439 g/mol. The van der Waals surface area contributed by atoms with E-state index in [1.165, 1.54) is 18.4 Å². The topological polar surface area (TPSA) is 45.8 Å². The van der Waals surface area contributed by atoms with Crippen LogP contribution < -0.4 is 4.74 Å². The summed E-state index contributed by atoms with van der Waals surface area (Å²) in [5.41, 5.74) is 1.48. The number of furan rings is 1. The zero-order chi connectivity index (χ0) is 22.7. The van der Waals surface area contributed by atoms with Gasteiger partial charge in [-0.25, -0.2) is 0 Å². The molecule has 0 unspecified atom stereocenters. The third-order valence-corrected chi connectivity index (χ3v) is 6.37. The fourth-order valence-electron chi connectivity index (χ4n) is 4.39. The summed E-state index contributed by atoms with van der Waals surface area (Å²) >= 11 is 0. The molecule has 0 bridgehead atoms. The maximum Gasteiger partial charge on any atom is 0.173 e. The Kier molecular flexibility index (Phi) is 6.03. The first-order valence-corrected chi connectivity index (χ1v) is 11.5. The van der Waals surface area contributed by atoms with Gasteiger partial charge in [-0.1, -0.05) is 72.8 Å². The standard InChI is InChI=1S/C29H29NO3/c1-32-26-16-12-22(13-17-26)20-30(25-14-15-25)21-27-18-19-28(33-27)29(31,23-8-4-2-5-9-23)24-10-6-3-7-11-24/h2-13,16-19,25,31H,14-15,20-21H2,1H3. The molecule has 0 spiro atoms. The highest BCUT2D eigenvalue weighted by molar-refractivity contribution is 5.43. The van der Waals surface area contributed by atoms with Crippen LogP contribution in [0, 0.1) is 0 Å². The average molecular weight is 440 g/mol. The maximum absolute atomic E-state index is 12.0. The molecule has 0 atom stereocenters. The molecule has 1 aliphatic carbocycles. The van der Waals surface area contributed by atoms with Gasteiger partial charge in [0.25, 0.3) is 0 Å². The molecule has 0 aliphatic heterocycles. The number of benzene rings is 3. The van der Waals surface area contributed by atoms with Gasteiger partial charge in [0, 0.05) is 12.6 Å². The van der Waals surface area contributed by atoms with Crippen LogP contribution in [0.1, 0.15) is 41.1 Å². The molecule has 0 amide bonds. The third-order valence-electron chi connectivity index (χ3n) is 6.37. The van der Waals surface area contributed by atoms with Crippen LogP contribution in [0.15, 0.2) is 101 Å². The molecule has 168 valence electrons. The Balaban J connectivity index is 1.41. The number of hydrogen-bond acceptors (Lipinski definition) is 4. The van der Waals surface area contributed by atoms with Crippen molar-refractivity contribution in [2.75, 3.05) is 7.11 Å². The number of methoxy groups -OCH3 is 1. The molecule has 1 N–H and O–H groups in total. The Bertz CT molecular complexity index is 1120. The van der Waals surface area contributed by atoms with Crippen LogP contribution in [-0.4, -0.2) is 23.2 Å². The summed E-state index contributed by atoms with van der Waals surface area (Å²) in [6.45, 7) is 1.56. The quantitative estimate of drug-likeness (QED) is 0.361. The molecule has 1 aromatic heterocycles. The molecule has 1 saturated carbocycles. The second kappa shape index (κ2) is 9.26. The van der Waals surface area contributed by atoms with Crippen LogP contribution in [0.2, 0.25) is 0 Å². The number of ether oxygens (including phenoxy) is 1. The van der Waals surface area contributed by atoms with Gasteiger partial charge in [-0.05, 0) is 53.8 Å². The second-order valence-electron chi connectivity index (χ2n) is 8.69. The van der Waals surface area contributed by atoms with Crippen LogP contribution in [0.3, 0.4) is 0 Å². The molecule has 1 aliphatic rings. The van der Waals surface area contributed by atoms with Crippen molar-refractivity contribution in [1.29, 1.82) is 0 Å². The largest absolute Gasteiger partial charge is 0.497 e. The highest BCUT2D eigenvalue weighted by Gasteiger charge is 2.37. The Morgan fingerprint density at radius 1 is 0.818 bits per heavy atom. The average Bonchev–Trinajstić information content (AvgIpc) is 3.63. The van der Waals surface area contributed by atoms with Gasteiger partial charge in [0.05, 0.1) is 13.7 Å².